The summed E-state index contributed by atoms with van der Waals surface area (Å²) in [6.07, 6.45) is 0.646. The SMILES string of the molecule is COc1ccc(OC)c(CO)c1C=O. The van der Waals surface area contributed by atoms with Gasteiger partial charge < -0.3 is 14.6 Å². The zero-order valence-electron chi connectivity index (χ0n) is 8.11. The fourth-order valence-corrected chi connectivity index (χ4v) is 1.28. The molecule has 76 valence electrons. The van der Waals surface area contributed by atoms with Crippen LogP contribution in [0.5, 0.6) is 11.5 Å². The average molecular weight is 196 g/mol. The van der Waals surface area contributed by atoms with E-state index in [4.69, 9.17) is 14.6 Å². The number of ether oxygens (including phenoxy) is 2. The van der Waals surface area contributed by atoms with Crippen molar-refractivity contribution in [1.82, 2.24) is 0 Å². The summed E-state index contributed by atoms with van der Waals surface area (Å²) in [5.74, 6) is 0.917. The van der Waals surface area contributed by atoms with Crippen LogP contribution >= 0.6 is 0 Å². The van der Waals surface area contributed by atoms with Gasteiger partial charge in [-0.3, -0.25) is 4.79 Å². The molecule has 0 unspecified atom stereocenters. The standard InChI is InChI=1S/C10H12O4/c1-13-9-3-4-10(14-2)8(6-12)7(9)5-11/h3-5,12H,6H2,1-2H3. The summed E-state index contributed by atoms with van der Waals surface area (Å²) < 4.78 is 9.98. The molecule has 0 radical (unpaired) electrons. The summed E-state index contributed by atoms with van der Waals surface area (Å²) >= 11 is 0. The second-order valence-electron chi connectivity index (χ2n) is 2.64. The Labute approximate surface area is 82.1 Å². The van der Waals surface area contributed by atoms with Gasteiger partial charge in [0.1, 0.15) is 11.5 Å². The summed E-state index contributed by atoms with van der Waals surface area (Å²) in [6.45, 7) is -0.256. The molecule has 0 atom stereocenters. The minimum atomic E-state index is -0.256. The van der Waals surface area contributed by atoms with Gasteiger partial charge in [-0.2, -0.15) is 0 Å². The number of methoxy groups -OCH3 is 2. The Kier molecular flexibility index (Phi) is 3.48. The molecule has 0 spiro atoms. The average Bonchev–Trinajstić information content (AvgIpc) is 2.26. The van der Waals surface area contributed by atoms with Crippen molar-refractivity contribution >= 4 is 6.29 Å². The molecule has 0 amide bonds. The topological polar surface area (TPSA) is 55.8 Å². The van der Waals surface area contributed by atoms with Gasteiger partial charge in [0.25, 0.3) is 0 Å². The van der Waals surface area contributed by atoms with Gasteiger partial charge >= 0.3 is 0 Å². The van der Waals surface area contributed by atoms with Gasteiger partial charge in [-0.1, -0.05) is 0 Å². The minimum Gasteiger partial charge on any atom is -0.496 e. The van der Waals surface area contributed by atoms with Crippen molar-refractivity contribution in [2.75, 3.05) is 14.2 Å². The van der Waals surface area contributed by atoms with Crippen molar-refractivity contribution in [2.24, 2.45) is 0 Å². The molecular formula is C10H12O4. The maximum atomic E-state index is 10.8. The highest BCUT2D eigenvalue weighted by Gasteiger charge is 2.12. The van der Waals surface area contributed by atoms with E-state index < -0.39 is 0 Å². The Morgan fingerprint density at radius 1 is 1.29 bits per heavy atom. The van der Waals surface area contributed by atoms with E-state index in [0.717, 1.165) is 0 Å². The van der Waals surface area contributed by atoms with Crippen LogP contribution in [0, 0.1) is 0 Å². The van der Waals surface area contributed by atoms with Crippen LogP contribution in [0.3, 0.4) is 0 Å². The minimum absolute atomic E-state index is 0.256. The van der Waals surface area contributed by atoms with Gasteiger partial charge in [0.2, 0.25) is 0 Å². The molecule has 0 aliphatic rings. The molecule has 0 aromatic heterocycles. The van der Waals surface area contributed by atoms with Crippen molar-refractivity contribution in [3.8, 4) is 11.5 Å². The van der Waals surface area contributed by atoms with Crippen molar-refractivity contribution in [3.63, 3.8) is 0 Å². The van der Waals surface area contributed by atoms with Crippen LogP contribution in [0.2, 0.25) is 0 Å². The molecule has 1 aromatic carbocycles. The fraction of sp³-hybridized carbons (Fsp3) is 0.300. The van der Waals surface area contributed by atoms with E-state index in [1.54, 1.807) is 12.1 Å². The second-order valence-corrected chi connectivity index (χ2v) is 2.64. The number of hydrogen-bond acceptors (Lipinski definition) is 4. The van der Waals surface area contributed by atoms with E-state index in [2.05, 4.69) is 0 Å². The largest absolute Gasteiger partial charge is 0.496 e. The first kappa shape index (κ1) is 10.5. The molecule has 4 heteroatoms. The number of aliphatic hydroxyl groups excluding tert-OH is 1. The lowest BCUT2D eigenvalue weighted by atomic mass is 10.1. The van der Waals surface area contributed by atoms with Crippen molar-refractivity contribution in [3.05, 3.63) is 23.3 Å². The van der Waals surface area contributed by atoms with Crippen molar-refractivity contribution in [1.29, 1.82) is 0 Å². The van der Waals surface area contributed by atoms with E-state index in [0.29, 0.717) is 28.9 Å². The van der Waals surface area contributed by atoms with Gasteiger partial charge in [-0.25, -0.2) is 0 Å². The van der Waals surface area contributed by atoms with Crippen LogP contribution in [0.4, 0.5) is 0 Å². The van der Waals surface area contributed by atoms with E-state index in [9.17, 15) is 4.79 Å². The highest BCUT2D eigenvalue weighted by Crippen LogP contribution is 2.28. The lowest BCUT2D eigenvalue weighted by Crippen LogP contribution is -2.00. The maximum Gasteiger partial charge on any atom is 0.154 e. The number of aldehydes is 1. The summed E-state index contributed by atoms with van der Waals surface area (Å²) in [6, 6.07) is 3.28. The van der Waals surface area contributed by atoms with E-state index in [1.165, 1.54) is 14.2 Å². The highest BCUT2D eigenvalue weighted by atomic mass is 16.5. The van der Waals surface area contributed by atoms with Gasteiger partial charge in [0.05, 0.1) is 26.4 Å². The molecule has 0 aliphatic carbocycles. The number of carbonyl (C=O) groups excluding carboxylic acids is 1. The highest BCUT2D eigenvalue weighted by molar-refractivity contribution is 5.83. The van der Waals surface area contributed by atoms with Gasteiger partial charge in [0.15, 0.2) is 6.29 Å². The molecule has 0 heterocycles. The summed E-state index contributed by atoms with van der Waals surface area (Å²) in [5, 5.41) is 9.09. The third kappa shape index (κ3) is 1.70. The number of benzene rings is 1. The number of carbonyl (C=O) groups is 1. The molecule has 0 saturated carbocycles. The Morgan fingerprint density at radius 3 is 2.29 bits per heavy atom. The third-order valence-corrected chi connectivity index (χ3v) is 1.99. The summed E-state index contributed by atoms with van der Waals surface area (Å²) in [7, 11) is 2.95. The quantitative estimate of drug-likeness (QED) is 0.730. The summed E-state index contributed by atoms with van der Waals surface area (Å²) in [5.41, 5.74) is 0.774. The van der Waals surface area contributed by atoms with Gasteiger partial charge in [-0.15, -0.1) is 0 Å². The van der Waals surface area contributed by atoms with Gasteiger partial charge in [-0.05, 0) is 12.1 Å². The van der Waals surface area contributed by atoms with E-state index >= 15 is 0 Å². The second kappa shape index (κ2) is 4.62. The number of hydrogen-bond donors (Lipinski definition) is 1. The zero-order chi connectivity index (χ0) is 10.6. The molecule has 0 bridgehead atoms. The molecular weight excluding hydrogens is 184 g/mol. The lowest BCUT2D eigenvalue weighted by molar-refractivity contribution is 0.111. The van der Waals surface area contributed by atoms with Crippen LogP contribution in [0.25, 0.3) is 0 Å². The first-order chi connectivity index (χ1) is 6.78. The van der Waals surface area contributed by atoms with Crippen molar-refractivity contribution in [2.45, 2.75) is 6.61 Å². The molecule has 0 fully saturated rings. The molecule has 0 aliphatic heterocycles. The molecule has 4 nitrogen and oxygen atoms in total. The Morgan fingerprint density at radius 2 is 1.86 bits per heavy atom. The van der Waals surface area contributed by atoms with Crippen molar-refractivity contribution < 1.29 is 19.4 Å². The smallest absolute Gasteiger partial charge is 0.154 e. The first-order valence-corrected chi connectivity index (χ1v) is 4.08. The van der Waals surface area contributed by atoms with Crippen LogP contribution < -0.4 is 9.47 Å². The normalized spacial score (nSPS) is 9.64. The molecule has 0 saturated heterocycles. The molecule has 1 N–H and O–H groups in total. The first-order valence-electron chi connectivity index (χ1n) is 4.08. The predicted octanol–water partition coefficient (Wildman–Crippen LogP) is 1.01. The van der Waals surface area contributed by atoms with Gasteiger partial charge in [0, 0.05) is 5.56 Å². The van der Waals surface area contributed by atoms with Crippen LogP contribution in [-0.4, -0.2) is 25.6 Å². The predicted molar refractivity (Wildman–Crippen MR) is 50.9 cm³/mol. The number of rotatable bonds is 4. The zero-order valence-corrected chi connectivity index (χ0v) is 8.11. The number of aliphatic hydroxyl groups is 1. The fourth-order valence-electron chi connectivity index (χ4n) is 1.28. The van der Waals surface area contributed by atoms with Crippen LogP contribution in [0.1, 0.15) is 15.9 Å². The Bertz CT molecular complexity index is 333. The maximum absolute atomic E-state index is 10.8. The monoisotopic (exact) mass is 196 g/mol. The molecule has 14 heavy (non-hydrogen) atoms. The van der Waals surface area contributed by atoms with Crippen LogP contribution in [-0.2, 0) is 6.61 Å². The third-order valence-electron chi connectivity index (χ3n) is 1.99. The Balaban J connectivity index is 3.35. The lowest BCUT2D eigenvalue weighted by Gasteiger charge is -2.11. The van der Waals surface area contributed by atoms with Crippen LogP contribution in [0.15, 0.2) is 12.1 Å². The molecule has 1 aromatic rings. The van der Waals surface area contributed by atoms with E-state index in [1.807, 2.05) is 0 Å². The summed E-state index contributed by atoms with van der Waals surface area (Å²) in [4.78, 5) is 10.8. The Hall–Kier alpha value is -1.55. The molecule has 1 rings (SSSR count). The van der Waals surface area contributed by atoms with E-state index in [-0.39, 0.29) is 6.61 Å².